The zero-order valence-corrected chi connectivity index (χ0v) is 33.1. The lowest BCUT2D eigenvalue weighted by molar-refractivity contribution is 0.0832. The van der Waals surface area contributed by atoms with E-state index in [-0.39, 0.29) is 31.6 Å². The second-order valence-corrected chi connectivity index (χ2v) is 16.4. The summed E-state index contributed by atoms with van der Waals surface area (Å²) in [6.07, 6.45) is -1.37. The van der Waals surface area contributed by atoms with E-state index in [0.29, 0.717) is 27.8 Å². The normalized spacial score (nSPS) is 15.5. The lowest BCUT2D eigenvalue weighted by atomic mass is 9.84. The van der Waals surface area contributed by atoms with Crippen LogP contribution in [0.3, 0.4) is 0 Å². The van der Waals surface area contributed by atoms with Crippen LogP contribution in [0.4, 0.5) is 9.59 Å². The van der Waals surface area contributed by atoms with Gasteiger partial charge in [-0.25, -0.2) is 14.3 Å². The van der Waals surface area contributed by atoms with Crippen molar-refractivity contribution in [3.05, 3.63) is 167 Å². The van der Waals surface area contributed by atoms with E-state index >= 15 is 0 Å². The predicted molar refractivity (Wildman–Crippen MR) is 217 cm³/mol. The average Bonchev–Trinajstić information content (AvgIpc) is 3.66. The zero-order chi connectivity index (χ0) is 39.5. The number of hydrogen-bond acceptors (Lipinski definition) is 9. The number of carbonyl (C=O) groups is 2. The van der Waals surface area contributed by atoms with Gasteiger partial charge in [-0.15, -0.1) is 11.8 Å². The highest BCUT2D eigenvalue weighted by atomic mass is 32.2. The number of nitrogens with zero attached hydrogens (tertiary/aromatic N) is 2. The van der Waals surface area contributed by atoms with Crippen molar-refractivity contribution in [2.75, 3.05) is 34.4 Å². The summed E-state index contributed by atoms with van der Waals surface area (Å²) < 4.78 is 51.0. The van der Waals surface area contributed by atoms with Gasteiger partial charge in [0.15, 0.2) is 0 Å². The molecule has 11 nitrogen and oxygen atoms in total. The lowest BCUT2D eigenvalue weighted by Gasteiger charge is -2.37. The molecule has 5 aromatic rings. The van der Waals surface area contributed by atoms with E-state index in [1.54, 1.807) is 74.5 Å². The van der Waals surface area contributed by atoms with Crippen LogP contribution in [0.15, 0.2) is 140 Å². The Bertz CT molecular complexity index is 2040. The van der Waals surface area contributed by atoms with Crippen molar-refractivity contribution < 1.29 is 37.0 Å². The van der Waals surface area contributed by atoms with E-state index in [1.165, 1.54) is 11.9 Å². The van der Waals surface area contributed by atoms with Gasteiger partial charge in [0, 0.05) is 18.8 Å². The summed E-state index contributed by atoms with van der Waals surface area (Å²) >= 11 is 1.69. The van der Waals surface area contributed by atoms with Gasteiger partial charge >= 0.3 is 22.4 Å². The third-order valence-electron chi connectivity index (χ3n) is 9.67. The number of nitrogens with one attached hydrogen (secondary N) is 1. The Balaban J connectivity index is 1.33. The number of benzene rings is 5. The van der Waals surface area contributed by atoms with E-state index < -0.39 is 33.2 Å². The fourth-order valence-electron chi connectivity index (χ4n) is 6.79. The minimum atomic E-state index is -4.36. The smallest absolute Gasteiger partial charge is 0.424 e. The highest BCUT2D eigenvalue weighted by molar-refractivity contribution is 8.01. The maximum atomic E-state index is 14.1. The molecule has 1 heterocycles. The molecule has 56 heavy (non-hydrogen) atoms. The molecule has 5 aromatic carbocycles. The van der Waals surface area contributed by atoms with Crippen molar-refractivity contribution in [1.29, 1.82) is 0 Å². The molecule has 292 valence electrons. The van der Waals surface area contributed by atoms with Crippen molar-refractivity contribution in [2.24, 2.45) is 0 Å². The van der Waals surface area contributed by atoms with Crippen LogP contribution in [0.1, 0.15) is 34.2 Å². The van der Waals surface area contributed by atoms with Crippen molar-refractivity contribution >= 4 is 34.2 Å². The van der Waals surface area contributed by atoms with Crippen LogP contribution in [-0.2, 0) is 37.6 Å². The van der Waals surface area contributed by atoms with E-state index in [1.807, 2.05) is 54.6 Å². The third-order valence-corrected chi connectivity index (χ3v) is 12.8. The molecule has 0 saturated carbocycles. The first-order valence-corrected chi connectivity index (χ1v) is 20.4. The Kier molecular flexibility index (Phi) is 13.2. The molecule has 1 aliphatic heterocycles. The Morgan fingerprint density at radius 1 is 0.714 bits per heavy atom. The van der Waals surface area contributed by atoms with Gasteiger partial charge < -0.3 is 23.8 Å². The van der Waals surface area contributed by atoms with Gasteiger partial charge in [-0.1, -0.05) is 115 Å². The van der Waals surface area contributed by atoms with Crippen LogP contribution < -0.4 is 14.2 Å². The number of amides is 2. The van der Waals surface area contributed by atoms with Crippen molar-refractivity contribution in [3.8, 4) is 11.5 Å². The Morgan fingerprint density at radius 3 is 1.59 bits per heavy atom. The molecule has 2 amide bonds. The molecule has 13 heteroatoms. The van der Waals surface area contributed by atoms with Crippen LogP contribution >= 0.6 is 11.8 Å². The molecule has 0 aliphatic carbocycles. The third kappa shape index (κ3) is 9.30. The quantitative estimate of drug-likeness (QED) is 0.107. The van der Waals surface area contributed by atoms with E-state index in [4.69, 9.17) is 18.9 Å². The zero-order valence-electron chi connectivity index (χ0n) is 31.4. The monoisotopic (exact) mass is 795 g/mol. The standard InChI is InChI=1S/C43H45N3O8S2/c1-44-56(49,50)46(42(48)54-31-33-21-25-39(52-3)26-22-33)28-37-27-40(29-45(37)41(47)53-30-32-19-23-38(51-2)24-20-32)55-43(34-13-7-4-8-14-34,35-15-9-5-10-16-35)36-17-11-6-12-18-36/h4-26,37,40,44H,27-31H2,1-3H3/t37-,40-/m0/s1. The summed E-state index contributed by atoms with van der Waals surface area (Å²) in [6.45, 7) is -0.342. The Morgan fingerprint density at radius 2 is 1.16 bits per heavy atom. The highest BCUT2D eigenvalue weighted by Crippen LogP contribution is 2.52. The Hall–Kier alpha value is -5.50. The SMILES string of the molecule is CNS(=O)(=O)N(C[C@@H]1C[C@H](SC(c2ccccc2)(c2ccccc2)c2ccccc2)CN1C(=O)OCc1ccc(OC)cc1)C(=O)OCc1ccc(OC)cc1. The van der Waals surface area contributed by atoms with Crippen molar-refractivity contribution in [1.82, 2.24) is 13.9 Å². The first-order valence-electron chi connectivity index (χ1n) is 18.1. The van der Waals surface area contributed by atoms with Gasteiger partial charge in [0.05, 0.1) is 31.6 Å². The Labute approximate surface area is 332 Å². The highest BCUT2D eigenvalue weighted by Gasteiger charge is 2.46. The van der Waals surface area contributed by atoms with Crippen molar-refractivity contribution in [2.45, 2.75) is 35.7 Å². The number of likely N-dealkylation sites (tertiary alicyclic amines) is 1. The number of methoxy groups -OCH3 is 2. The summed E-state index contributed by atoms with van der Waals surface area (Å²) in [7, 11) is -0.0186. The number of ether oxygens (including phenoxy) is 4. The maximum absolute atomic E-state index is 14.1. The van der Waals surface area contributed by atoms with Gasteiger partial charge in [-0.3, -0.25) is 0 Å². The minimum Gasteiger partial charge on any atom is -0.497 e. The summed E-state index contributed by atoms with van der Waals surface area (Å²) in [4.78, 5) is 29.2. The molecule has 0 aromatic heterocycles. The first-order chi connectivity index (χ1) is 27.2. The number of rotatable bonds is 15. The van der Waals surface area contributed by atoms with E-state index in [2.05, 4.69) is 41.1 Å². The summed E-state index contributed by atoms with van der Waals surface area (Å²) in [6, 6.07) is 43.9. The molecule has 1 saturated heterocycles. The van der Waals surface area contributed by atoms with Gasteiger partial charge in [-0.05, 0) is 58.5 Å². The molecule has 0 bridgehead atoms. The molecule has 1 fully saturated rings. The number of carbonyl (C=O) groups excluding carboxylic acids is 2. The molecule has 1 aliphatic rings. The van der Waals surface area contributed by atoms with Crippen LogP contribution in [-0.4, -0.2) is 75.5 Å². The van der Waals surface area contributed by atoms with Crippen LogP contribution in [0, 0.1) is 0 Å². The molecule has 0 unspecified atom stereocenters. The van der Waals surface area contributed by atoms with Crippen LogP contribution in [0.5, 0.6) is 11.5 Å². The van der Waals surface area contributed by atoms with E-state index in [9.17, 15) is 18.0 Å². The molecule has 0 spiro atoms. The van der Waals surface area contributed by atoms with Crippen LogP contribution in [0.25, 0.3) is 0 Å². The van der Waals surface area contributed by atoms with Crippen LogP contribution in [0.2, 0.25) is 0 Å². The second-order valence-electron chi connectivity index (χ2n) is 13.1. The topological polar surface area (TPSA) is 124 Å². The van der Waals surface area contributed by atoms with Gasteiger partial charge in [0.1, 0.15) is 24.7 Å². The maximum Gasteiger partial charge on any atom is 0.424 e. The number of thioether (sulfide) groups is 1. The summed E-state index contributed by atoms with van der Waals surface area (Å²) in [5, 5.41) is -0.233. The molecular weight excluding hydrogens is 751 g/mol. The molecule has 0 radical (unpaired) electrons. The van der Waals surface area contributed by atoms with E-state index in [0.717, 1.165) is 22.3 Å². The van der Waals surface area contributed by atoms with Gasteiger partial charge in [-0.2, -0.15) is 12.7 Å². The fraction of sp³-hybridized carbons (Fsp3) is 0.256. The first kappa shape index (κ1) is 40.2. The molecular formula is C43H45N3O8S2. The summed E-state index contributed by atoms with van der Waals surface area (Å²) in [5.74, 6) is 1.30. The molecule has 1 N–H and O–H groups in total. The van der Waals surface area contributed by atoms with Gasteiger partial charge in [0.2, 0.25) is 0 Å². The molecule has 6 rings (SSSR count). The summed E-state index contributed by atoms with van der Waals surface area (Å²) in [5.41, 5.74) is 4.52. The fourth-order valence-corrected chi connectivity index (χ4v) is 9.50. The second kappa shape index (κ2) is 18.4. The minimum absolute atomic E-state index is 0.0196. The lowest BCUT2D eigenvalue weighted by Crippen LogP contribution is -2.50. The predicted octanol–water partition coefficient (Wildman–Crippen LogP) is 7.61. The number of hydrogen-bond donors (Lipinski definition) is 1. The largest absolute Gasteiger partial charge is 0.497 e. The molecule has 2 atom stereocenters. The van der Waals surface area contributed by atoms with Crippen molar-refractivity contribution in [3.63, 3.8) is 0 Å². The van der Waals surface area contributed by atoms with Gasteiger partial charge in [0.25, 0.3) is 0 Å². The average molecular weight is 796 g/mol.